The molecular formula is C7H8OS. The van der Waals surface area contributed by atoms with Gasteiger partial charge in [-0.25, -0.2) is 0 Å². The van der Waals surface area contributed by atoms with Gasteiger partial charge in [0.05, 0.1) is 0 Å². The van der Waals surface area contributed by atoms with Crippen molar-refractivity contribution in [3.8, 4) is 0 Å². The molecule has 0 aromatic carbocycles. The molecule has 2 heteroatoms. The van der Waals surface area contributed by atoms with Gasteiger partial charge < -0.3 is 4.79 Å². The maximum absolute atomic E-state index is 10.2. The Labute approximate surface area is 58.3 Å². The molecule has 1 nitrogen and oxygen atoms in total. The SMILES string of the molecule is C[C@H](C=O)c1ccsc1. The van der Waals surface area contributed by atoms with Crippen LogP contribution in [0.15, 0.2) is 16.8 Å². The van der Waals surface area contributed by atoms with Crippen molar-refractivity contribution in [3.63, 3.8) is 0 Å². The Kier molecular flexibility index (Phi) is 2.01. The molecule has 0 aliphatic carbocycles. The molecule has 0 aliphatic heterocycles. The summed E-state index contributed by atoms with van der Waals surface area (Å²) in [5, 5.41) is 3.98. The molecule has 1 atom stereocenters. The van der Waals surface area contributed by atoms with E-state index in [9.17, 15) is 4.79 Å². The zero-order valence-corrected chi connectivity index (χ0v) is 6.02. The number of carbonyl (C=O) groups is 1. The lowest BCUT2D eigenvalue weighted by Gasteiger charge is -1.95. The Morgan fingerprint density at radius 3 is 3.00 bits per heavy atom. The molecule has 0 bridgehead atoms. The van der Waals surface area contributed by atoms with E-state index in [0.717, 1.165) is 11.8 Å². The van der Waals surface area contributed by atoms with Gasteiger partial charge in [-0.1, -0.05) is 6.92 Å². The highest BCUT2D eigenvalue weighted by atomic mass is 32.1. The fourth-order valence-corrected chi connectivity index (χ4v) is 1.38. The van der Waals surface area contributed by atoms with E-state index in [1.54, 1.807) is 11.3 Å². The van der Waals surface area contributed by atoms with Crippen molar-refractivity contribution in [1.82, 2.24) is 0 Å². The Bertz CT molecular complexity index is 179. The van der Waals surface area contributed by atoms with Crippen molar-refractivity contribution in [2.24, 2.45) is 0 Å². The van der Waals surface area contributed by atoms with Gasteiger partial charge in [-0.15, -0.1) is 0 Å². The summed E-state index contributed by atoms with van der Waals surface area (Å²) in [6, 6.07) is 1.98. The third-order valence-corrected chi connectivity index (χ3v) is 1.97. The van der Waals surface area contributed by atoms with Crippen LogP contribution in [0.25, 0.3) is 0 Å². The van der Waals surface area contributed by atoms with Crippen LogP contribution in [0.4, 0.5) is 0 Å². The minimum absolute atomic E-state index is 0.0660. The number of aldehydes is 1. The largest absolute Gasteiger partial charge is 0.303 e. The van der Waals surface area contributed by atoms with Gasteiger partial charge in [-0.3, -0.25) is 0 Å². The van der Waals surface area contributed by atoms with Gasteiger partial charge in [0.1, 0.15) is 6.29 Å². The fourth-order valence-electron chi connectivity index (χ4n) is 0.613. The average Bonchev–Trinajstić information content (AvgIpc) is 2.37. The Morgan fingerprint density at radius 1 is 1.78 bits per heavy atom. The van der Waals surface area contributed by atoms with Crippen LogP contribution < -0.4 is 0 Å². The minimum atomic E-state index is 0.0660. The molecule has 0 radical (unpaired) electrons. The van der Waals surface area contributed by atoms with Gasteiger partial charge in [-0.2, -0.15) is 11.3 Å². The summed E-state index contributed by atoms with van der Waals surface area (Å²) in [5.41, 5.74) is 1.12. The highest BCUT2D eigenvalue weighted by Crippen LogP contribution is 2.15. The molecule has 0 saturated carbocycles. The lowest BCUT2D eigenvalue weighted by atomic mass is 10.1. The van der Waals surface area contributed by atoms with E-state index in [4.69, 9.17) is 0 Å². The smallest absolute Gasteiger partial charge is 0.127 e. The molecule has 1 aromatic heterocycles. The summed E-state index contributed by atoms with van der Waals surface area (Å²) in [5.74, 6) is 0.0660. The van der Waals surface area contributed by atoms with Crippen LogP contribution in [-0.2, 0) is 4.79 Å². The second-order valence-corrected chi connectivity index (χ2v) is 2.76. The predicted octanol–water partition coefficient (Wildman–Crippen LogP) is 2.05. The summed E-state index contributed by atoms with van der Waals surface area (Å²) < 4.78 is 0. The first kappa shape index (κ1) is 6.49. The molecule has 1 rings (SSSR count). The zero-order chi connectivity index (χ0) is 6.69. The first-order valence-corrected chi connectivity index (χ1v) is 3.76. The Balaban J connectivity index is 2.76. The third-order valence-electron chi connectivity index (χ3n) is 1.27. The van der Waals surface area contributed by atoms with Crippen molar-refractivity contribution in [3.05, 3.63) is 22.4 Å². The number of thiophene rings is 1. The van der Waals surface area contributed by atoms with Gasteiger partial charge >= 0.3 is 0 Å². The van der Waals surface area contributed by atoms with E-state index in [1.165, 1.54) is 0 Å². The van der Waals surface area contributed by atoms with Crippen LogP contribution in [0.1, 0.15) is 18.4 Å². The fraction of sp³-hybridized carbons (Fsp3) is 0.286. The molecule has 1 aromatic rings. The topological polar surface area (TPSA) is 17.1 Å². The minimum Gasteiger partial charge on any atom is -0.303 e. The van der Waals surface area contributed by atoms with Gasteiger partial charge in [0, 0.05) is 5.92 Å². The molecule has 0 unspecified atom stereocenters. The first-order valence-electron chi connectivity index (χ1n) is 2.82. The summed E-state index contributed by atoms with van der Waals surface area (Å²) >= 11 is 1.62. The maximum Gasteiger partial charge on any atom is 0.127 e. The molecular weight excluding hydrogens is 132 g/mol. The van der Waals surface area contributed by atoms with Crippen LogP contribution in [-0.4, -0.2) is 6.29 Å². The average molecular weight is 140 g/mol. The highest BCUT2D eigenvalue weighted by molar-refractivity contribution is 7.08. The molecule has 9 heavy (non-hydrogen) atoms. The highest BCUT2D eigenvalue weighted by Gasteiger charge is 2.01. The predicted molar refractivity (Wildman–Crippen MR) is 38.8 cm³/mol. The monoisotopic (exact) mass is 140 g/mol. The lowest BCUT2D eigenvalue weighted by molar-refractivity contribution is -0.108. The molecule has 0 saturated heterocycles. The van der Waals surface area contributed by atoms with Crippen molar-refractivity contribution in [2.45, 2.75) is 12.8 Å². The van der Waals surface area contributed by atoms with Gasteiger partial charge in [0.2, 0.25) is 0 Å². The van der Waals surface area contributed by atoms with Crippen molar-refractivity contribution in [2.75, 3.05) is 0 Å². The number of hydrogen-bond donors (Lipinski definition) is 0. The molecule has 48 valence electrons. The second-order valence-electron chi connectivity index (χ2n) is 1.98. The molecule has 0 aliphatic rings. The Hall–Kier alpha value is -0.630. The normalized spacial score (nSPS) is 13.0. The maximum atomic E-state index is 10.2. The van der Waals surface area contributed by atoms with Crippen LogP contribution in [0.2, 0.25) is 0 Å². The van der Waals surface area contributed by atoms with Crippen LogP contribution in [0.5, 0.6) is 0 Å². The summed E-state index contributed by atoms with van der Waals surface area (Å²) in [6.45, 7) is 1.90. The summed E-state index contributed by atoms with van der Waals surface area (Å²) in [6.07, 6.45) is 0.960. The van der Waals surface area contributed by atoms with E-state index >= 15 is 0 Å². The molecule has 0 fully saturated rings. The Morgan fingerprint density at radius 2 is 2.56 bits per heavy atom. The number of carbonyl (C=O) groups excluding carboxylic acids is 1. The standard InChI is InChI=1S/C7H8OS/c1-6(4-8)7-2-3-9-5-7/h2-6H,1H3/t6-/m1/s1. The molecule has 1 heterocycles. The van der Waals surface area contributed by atoms with Crippen molar-refractivity contribution < 1.29 is 4.79 Å². The zero-order valence-electron chi connectivity index (χ0n) is 5.20. The van der Waals surface area contributed by atoms with E-state index in [-0.39, 0.29) is 5.92 Å². The van der Waals surface area contributed by atoms with Crippen molar-refractivity contribution in [1.29, 1.82) is 0 Å². The second kappa shape index (κ2) is 2.78. The first-order chi connectivity index (χ1) is 4.34. The number of hydrogen-bond acceptors (Lipinski definition) is 2. The lowest BCUT2D eigenvalue weighted by Crippen LogP contribution is -1.89. The molecule has 0 amide bonds. The summed E-state index contributed by atoms with van der Waals surface area (Å²) in [7, 11) is 0. The van der Waals surface area contributed by atoms with Crippen LogP contribution in [0.3, 0.4) is 0 Å². The quantitative estimate of drug-likeness (QED) is 0.574. The van der Waals surface area contributed by atoms with Gasteiger partial charge in [0.15, 0.2) is 0 Å². The van der Waals surface area contributed by atoms with E-state index < -0.39 is 0 Å². The van der Waals surface area contributed by atoms with E-state index in [1.807, 2.05) is 23.8 Å². The third kappa shape index (κ3) is 1.39. The van der Waals surface area contributed by atoms with E-state index in [2.05, 4.69) is 0 Å². The van der Waals surface area contributed by atoms with Crippen molar-refractivity contribution >= 4 is 17.6 Å². The molecule has 0 spiro atoms. The van der Waals surface area contributed by atoms with Crippen LogP contribution >= 0.6 is 11.3 Å². The van der Waals surface area contributed by atoms with Gasteiger partial charge in [-0.05, 0) is 22.4 Å². The molecule has 0 N–H and O–H groups in total. The van der Waals surface area contributed by atoms with Crippen LogP contribution in [0, 0.1) is 0 Å². The summed E-state index contributed by atoms with van der Waals surface area (Å²) in [4.78, 5) is 10.2. The van der Waals surface area contributed by atoms with Gasteiger partial charge in [0.25, 0.3) is 0 Å². The number of rotatable bonds is 2. The van der Waals surface area contributed by atoms with E-state index in [0.29, 0.717) is 0 Å².